The summed E-state index contributed by atoms with van der Waals surface area (Å²) in [6.07, 6.45) is 2.90. The van der Waals surface area contributed by atoms with E-state index in [1.807, 2.05) is 18.2 Å². The molecule has 3 rings (SSSR count). The SMILES string of the molecule is COc1ccc(C(=O)OCC(=O)N2CCC(Cc3ccccc3)CC2)c(O)c1. The fourth-order valence-electron chi connectivity index (χ4n) is 3.44. The number of ether oxygens (including phenoxy) is 2. The van der Waals surface area contributed by atoms with Gasteiger partial charge in [-0.05, 0) is 42.9 Å². The van der Waals surface area contributed by atoms with Crippen molar-refractivity contribution in [1.29, 1.82) is 0 Å². The molecule has 1 saturated heterocycles. The van der Waals surface area contributed by atoms with Crippen LogP contribution in [0.5, 0.6) is 11.5 Å². The topological polar surface area (TPSA) is 76.1 Å². The first kappa shape index (κ1) is 19.7. The van der Waals surface area contributed by atoms with Crippen molar-refractivity contribution in [2.45, 2.75) is 19.3 Å². The third-order valence-electron chi connectivity index (χ3n) is 5.09. The van der Waals surface area contributed by atoms with Gasteiger partial charge in [0.25, 0.3) is 5.91 Å². The lowest BCUT2D eigenvalue weighted by atomic mass is 9.90. The third kappa shape index (κ3) is 5.03. The van der Waals surface area contributed by atoms with Crippen LogP contribution in [0.2, 0.25) is 0 Å². The predicted molar refractivity (Wildman–Crippen MR) is 104 cm³/mol. The van der Waals surface area contributed by atoms with Crippen LogP contribution < -0.4 is 4.74 Å². The maximum absolute atomic E-state index is 12.4. The second kappa shape index (κ2) is 9.26. The summed E-state index contributed by atoms with van der Waals surface area (Å²) in [5.74, 6) is -0.181. The first-order valence-corrected chi connectivity index (χ1v) is 9.42. The molecule has 2 aromatic carbocycles. The number of amides is 1. The van der Waals surface area contributed by atoms with Gasteiger partial charge >= 0.3 is 5.97 Å². The Bertz CT molecular complexity index is 813. The smallest absolute Gasteiger partial charge is 0.342 e. The molecule has 1 amide bonds. The van der Waals surface area contributed by atoms with Gasteiger partial charge in [-0.2, -0.15) is 0 Å². The van der Waals surface area contributed by atoms with E-state index < -0.39 is 5.97 Å². The fraction of sp³-hybridized carbons (Fsp3) is 0.364. The number of methoxy groups -OCH3 is 1. The molecule has 0 aromatic heterocycles. The summed E-state index contributed by atoms with van der Waals surface area (Å²) < 4.78 is 10.1. The van der Waals surface area contributed by atoms with Crippen molar-refractivity contribution in [3.63, 3.8) is 0 Å². The molecule has 0 unspecified atom stereocenters. The van der Waals surface area contributed by atoms with E-state index in [9.17, 15) is 14.7 Å². The zero-order chi connectivity index (χ0) is 19.9. The van der Waals surface area contributed by atoms with Crippen molar-refractivity contribution < 1.29 is 24.2 Å². The molecule has 0 radical (unpaired) electrons. The molecule has 0 spiro atoms. The maximum atomic E-state index is 12.4. The van der Waals surface area contributed by atoms with E-state index in [2.05, 4.69) is 12.1 Å². The first-order valence-electron chi connectivity index (χ1n) is 9.42. The standard InChI is InChI=1S/C22H25NO5/c1-27-18-7-8-19(20(24)14-18)22(26)28-15-21(25)23-11-9-17(10-12-23)13-16-5-3-2-4-6-16/h2-8,14,17,24H,9-13,15H2,1H3. The average Bonchev–Trinajstić information content (AvgIpc) is 2.73. The third-order valence-corrected chi connectivity index (χ3v) is 5.09. The molecule has 6 heteroatoms. The summed E-state index contributed by atoms with van der Waals surface area (Å²) in [4.78, 5) is 26.2. The zero-order valence-electron chi connectivity index (χ0n) is 16.0. The number of phenolic OH excluding ortho intramolecular Hbond substituents is 1. The Morgan fingerprint density at radius 3 is 2.46 bits per heavy atom. The molecular weight excluding hydrogens is 358 g/mol. The molecule has 0 saturated carbocycles. The van der Waals surface area contributed by atoms with Gasteiger partial charge < -0.3 is 19.5 Å². The van der Waals surface area contributed by atoms with E-state index in [1.54, 1.807) is 11.0 Å². The van der Waals surface area contributed by atoms with Crippen LogP contribution in [0.4, 0.5) is 0 Å². The highest BCUT2D eigenvalue weighted by molar-refractivity contribution is 5.94. The normalized spacial score (nSPS) is 14.5. The van der Waals surface area contributed by atoms with Crippen LogP contribution in [0.1, 0.15) is 28.8 Å². The number of esters is 1. The van der Waals surface area contributed by atoms with Gasteiger partial charge in [-0.1, -0.05) is 30.3 Å². The van der Waals surface area contributed by atoms with E-state index in [0.29, 0.717) is 24.8 Å². The lowest BCUT2D eigenvalue weighted by molar-refractivity contribution is -0.135. The van der Waals surface area contributed by atoms with Gasteiger partial charge in [0.15, 0.2) is 6.61 Å². The van der Waals surface area contributed by atoms with Crippen molar-refractivity contribution in [1.82, 2.24) is 4.90 Å². The number of carbonyl (C=O) groups excluding carboxylic acids is 2. The van der Waals surface area contributed by atoms with Crippen LogP contribution in [0.15, 0.2) is 48.5 Å². The van der Waals surface area contributed by atoms with Gasteiger partial charge in [0.05, 0.1) is 7.11 Å². The summed E-state index contributed by atoms with van der Waals surface area (Å²) in [6, 6.07) is 14.7. The Balaban J connectivity index is 1.45. The van der Waals surface area contributed by atoms with Gasteiger partial charge in [0, 0.05) is 19.2 Å². The monoisotopic (exact) mass is 383 g/mol. The summed E-state index contributed by atoms with van der Waals surface area (Å²) in [7, 11) is 1.47. The van der Waals surface area contributed by atoms with Crippen molar-refractivity contribution in [2.24, 2.45) is 5.92 Å². The molecule has 6 nitrogen and oxygen atoms in total. The van der Waals surface area contributed by atoms with Crippen LogP contribution in [0.3, 0.4) is 0 Å². The number of rotatable bonds is 6. The van der Waals surface area contributed by atoms with Gasteiger partial charge in [0.2, 0.25) is 0 Å². The summed E-state index contributed by atoms with van der Waals surface area (Å²) in [5, 5.41) is 9.88. The number of hydrogen-bond donors (Lipinski definition) is 1. The number of aromatic hydroxyl groups is 1. The van der Waals surface area contributed by atoms with Crippen LogP contribution in [-0.2, 0) is 16.0 Å². The molecule has 2 aromatic rings. The zero-order valence-corrected chi connectivity index (χ0v) is 16.0. The Morgan fingerprint density at radius 1 is 1.11 bits per heavy atom. The van der Waals surface area contributed by atoms with Crippen molar-refractivity contribution >= 4 is 11.9 Å². The molecule has 0 aliphatic carbocycles. The van der Waals surface area contributed by atoms with Crippen LogP contribution in [0, 0.1) is 5.92 Å². The van der Waals surface area contributed by atoms with E-state index in [1.165, 1.54) is 24.8 Å². The molecule has 148 valence electrons. The van der Waals surface area contributed by atoms with Crippen molar-refractivity contribution in [3.8, 4) is 11.5 Å². The number of piperidine rings is 1. The van der Waals surface area contributed by atoms with Gasteiger partial charge in [-0.25, -0.2) is 4.79 Å². The first-order chi connectivity index (χ1) is 13.6. The highest BCUT2D eigenvalue weighted by atomic mass is 16.5. The van der Waals surface area contributed by atoms with Crippen LogP contribution in [-0.4, -0.2) is 48.7 Å². The molecule has 1 aliphatic rings. The van der Waals surface area contributed by atoms with Crippen LogP contribution >= 0.6 is 0 Å². The molecule has 0 bridgehead atoms. The number of benzene rings is 2. The highest BCUT2D eigenvalue weighted by Crippen LogP contribution is 2.24. The molecular formula is C22H25NO5. The molecule has 0 atom stereocenters. The second-order valence-electron chi connectivity index (χ2n) is 6.97. The summed E-state index contributed by atoms with van der Waals surface area (Å²) in [5.41, 5.74) is 1.33. The van der Waals surface area contributed by atoms with E-state index in [0.717, 1.165) is 19.3 Å². The highest BCUT2D eigenvalue weighted by Gasteiger charge is 2.24. The van der Waals surface area contributed by atoms with Gasteiger partial charge in [0.1, 0.15) is 17.1 Å². The molecule has 28 heavy (non-hydrogen) atoms. The Morgan fingerprint density at radius 2 is 1.82 bits per heavy atom. The molecule has 1 heterocycles. The Hall–Kier alpha value is -3.02. The number of likely N-dealkylation sites (tertiary alicyclic amines) is 1. The quantitative estimate of drug-likeness (QED) is 0.776. The predicted octanol–water partition coefficient (Wildman–Crippen LogP) is 3.04. The average molecular weight is 383 g/mol. The second-order valence-corrected chi connectivity index (χ2v) is 6.97. The molecule has 1 aliphatic heterocycles. The fourth-order valence-corrected chi connectivity index (χ4v) is 3.44. The Labute approximate surface area is 164 Å². The van der Waals surface area contributed by atoms with E-state index in [4.69, 9.17) is 9.47 Å². The minimum Gasteiger partial charge on any atom is -0.507 e. The number of phenols is 1. The van der Waals surface area contributed by atoms with Crippen LogP contribution in [0.25, 0.3) is 0 Å². The van der Waals surface area contributed by atoms with Gasteiger partial charge in [-0.15, -0.1) is 0 Å². The lowest BCUT2D eigenvalue weighted by Crippen LogP contribution is -2.41. The summed E-state index contributed by atoms with van der Waals surface area (Å²) in [6.45, 7) is 1.01. The maximum Gasteiger partial charge on any atom is 0.342 e. The number of nitrogens with zero attached hydrogens (tertiary/aromatic N) is 1. The number of hydrogen-bond acceptors (Lipinski definition) is 5. The number of carbonyl (C=O) groups is 2. The minimum absolute atomic E-state index is 0.00942. The van der Waals surface area contributed by atoms with E-state index in [-0.39, 0.29) is 23.8 Å². The van der Waals surface area contributed by atoms with Crippen molar-refractivity contribution in [3.05, 3.63) is 59.7 Å². The van der Waals surface area contributed by atoms with Gasteiger partial charge in [-0.3, -0.25) is 4.79 Å². The van der Waals surface area contributed by atoms with Crippen molar-refractivity contribution in [2.75, 3.05) is 26.8 Å². The Kier molecular flexibility index (Phi) is 6.53. The lowest BCUT2D eigenvalue weighted by Gasteiger charge is -2.32. The minimum atomic E-state index is -0.729. The summed E-state index contributed by atoms with van der Waals surface area (Å²) >= 11 is 0. The largest absolute Gasteiger partial charge is 0.507 e. The van der Waals surface area contributed by atoms with E-state index >= 15 is 0 Å². The molecule has 1 fully saturated rings. The molecule has 1 N–H and O–H groups in total.